The van der Waals surface area contributed by atoms with Crippen LogP contribution in [0.25, 0.3) is 6.08 Å². The van der Waals surface area contributed by atoms with Crippen LogP contribution in [0.2, 0.25) is 0 Å². The Kier molecular flexibility index (Phi) is 6.54. The van der Waals surface area contributed by atoms with Crippen molar-refractivity contribution >= 4 is 12.0 Å². The lowest BCUT2D eigenvalue weighted by molar-refractivity contribution is -0.116. The molecule has 2 aromatic carbocycles. The Morgan fingerprint density at radius 3 is 2.67 bits per heavy atom. The number of nitrogens with one attached hydrogen (secondary N) is 1. The van der Waals surface area contributed by atoms with Crippen molar-refractivity contribution in [2.75, 3.05) is 13.2 Å². The van der Waals surface area contributed by atoms with E-state index in [2.05, 4.69) is 17.2 Å². The van der Waals surface area contributed by atoms with E-state index in [1.54, 1.807) is 6.08 Å². The fourth-order valence-corrected chi connectivity index (χ4v) is 1.75. The van der Waals surface area contributed by atoms with Gasteiger partial charge < -0.3 is 10.1 Å². The normalized spacial score (nSPS) is 10.1. The molecule has 0 aliphatic carbocycles. The Bertz CT molecular complexity index is 777. The molecule has 0 unspecified atom stereocenters. The Balaban J connectivity index is 1.70. The van der Waals surface area contributed by atoms with Crippen LogP contribution in [-0.4, -0.2) is 19.1 Å². The molecule has 0 spiro atoms. The first-order valence-electron chi connectivity index (χ1n) is 7.19. The molecule has 0 aliphatic heterocycles. The first-order chi connectivity index (χ1) is 11.6. The number of benzene rings is 2. The van der Waals surface area contributed by atoms with Crippen molar-refractivity contribution in [2.45, 2.75) is 0 Å². The summed E-state index contributed by atoms with van der Waals surface area (Å²) >= 11 is 0. The van der Waals surface area contributed by atoms with Crippen molar-refractivity contribution < 1.29 is 18.3 Å². The Labute approximate surface area is 139 Å². The van der Waals surface area contributed by atoms with Crippen LogP contribution in [0.3, 0.4) is 0 Å². The van der Waals surface area contributed by atoms with Gasteiger partial charge in [0, 0.05) is 12.1 Å². The minimum Gasteiger partial charge on any atom is -0.478 e. The molecule has 1 amide bonds. The number of carbonyl (C=O) groups is 1. The summed E-state index contributed by atoms with van der Waals surface area (Å²) in [6.07, 6.45) is 3.12. The molecule has 0 heterocycles. The number of halogens is 2. The number of hydrogen-bond acceptors (Lipinski definition) is 2. The molecule has 2 aromatic rings. The van der Waals surface area contributed by atoms with Gasteiger partial charge in [-0.05, 0) is 23.8 Å². The number of amides is 1. The zero-order valence-corrected chi connectivity index (χ0v) is 12.8. The van der Waals surface area contributed by atoms with E-state index in [0.717, 1.165) is 17.7 Å². The highest BCUT2D eigenvalue weighted by Gasteiger charge is 2.03. The van der Waals surface area contributed by atoms with Crippen LogP contribution in [0, 0.1) is 23.5 Å². The van der Waals surface area contributed by atoms with Gasteiger partial charge in [0.15, 0.2) is 11.6 Å². The summed E-state index contributed by atoms with van der Waals surface area (Å²) in [6.45, 7) is 0.0888. The Morgan fingerprint density at radius 1 is 1.12 bits per heavy atom. The fraction of sp³-hybridized carbons (Fsp3) is 0.105. The molecule has 2 rings (SSSR count). The van der Waals surface area contributed by atoms with Gasteiger partial charge in [0.25, 0.3) is 0 Å². The van der Waals surface area contributed by atoms with Crippen molar-refractivity contribution in [3.63, 3.8) is 0 Å². The quantitative estimate of drug-likeness (QED) is 0.677. The van der Waals surface area contributed by atoms with Crippen LogP contribution < -0.4 is 10.1 Å². The number of rotatable bonds is 5. The van der Waals surface area contributed by atoms with E-state index >= 15 is 0 Å². The largest absolute Gasteiger partial charge is 0.478 e. The van der Waals surface area contributed by atoms with Crippen LogP contribution in [0.1, 0.15) is 5.56 Å². The first-order valence-corrected chi connectivity index (χ1v) is 7.19. The first kappa shape index (κ1) is 17.2. The average molecular weight is 327 g/mol. The maximum Gasteiger partial charge on any atom is 0.244 e. The Hall–Kier alpha value is -3.13. The van der Waals surface area contributed by atoms with E-state index in [0.29, 0.717) is 0 Å². The maximum absolute atomic E-state index is 13.3. The molecule has 0 bridgehead atoms. The van der Waals surface area contributed by atoms with Gasteiger partial charge >= 0.3 is 0 Å². The van der Waals surface area contributed by atoms with Crippen molar-refractivity contribution in [2.24, 2.45) is 0 Å². The molecule has 24 heavy (non-hydrogen) atoms. The van der Waals surface area contributed by atoms with Gasteiger partial charge in [0.2, 0.25) is 5.91 Å². The molecule has 5 heteroatoms. The van der Waals surface area contributed by atoms with Crippen molar-refractivity contribution in [1.82, 2.24) is 5.32 Å². The van der Waals surface area contributed by atoms with Gasteiger partial charge in [-0.15, -0.1) is 0 Å². The highest BCUT2D eigenvalue weighted by molar-refractivity contribution is 5.91. The summed E-state index contributed by atoms with van der Waals surface area (Å²) in [5, 5.41) is 2.59. The molecule has 0 fully saturated rings. The highest BCUT2D eigenvalue weighted by Crippen LogP contribution is 2.17. The summed E-state index contributed by atoms with van der Waals surface area (Å²) in [4.78, 5) is 11.6. The number of ether oxygens (including phenoxy) is 1. The van der Waals surface area contributed by atoms with E-state index in [4.69, 9.17) is 4.74 Å². The van der Waals surface area contributed by atoms with E-state index < -0.39 is 11.6 Å². The predicted molar refractivity (Wildman–Crippen MR) is 88.1 cm³/mol. The summed E-state index contributed by atoms with van der Waals surface area (Å²) in [5.41, 5.74) is 0.924. The van der Waals surface area contributed by atoms with Crippen LogP contribution in [0.15, 0.2) is 54.6 Å². The molecule has 0 radical (unpaired) electrons. The lowest BCUT2D eigenvalue weighted by Crippen LogP contribution is -2.21. The van der Waals surface area contributed by atoms with Crippen LogP contribution in [0.4, 0.5) is 8.78 Å². The van der Waals surface area contributed by atoms with Gasteiger partial charge in [0.05, 0.1) is 6.54 Å². The fourth-order valence-electron chi connectivity index (χ4n) is 1.75. The second-order valence-corrected chi connectivity index (χ2v) is 4.68. The third kappa shape index (κ3) is 5.93. The topological polar surface area (TPSA) is 38.3 Å². The standard InChI is InChI=1S/C19H15F2NO2/c20-16-9-10-18(17(21)14-16)24-13-5-4-12-22-19(23)11-8-15-6-2-1-3-7-15/h1-3,6-11,14H,12-13H2,(H,22,23)/b11-8+. The summed E-state index contributed by atoms with van der Waals surface area (Å²) < 4.78 is 31.1. The molecular weight excluding hydrogens is 312 g/mol. The van der Waals surface area contributed by atoms with Crippen LogP contribution in [-0.2, 0) is 4.79 Å². The highest BCUT2D eigenvalue weighted by atomic mass is 19.1. The van der Waals surface area contributed by atoms with Gasteiger partial charge in [-0.3, -0.25) is 4.79 Å². The van der Waals surface area contributed by atoms with E-state index in [9.17, 15) is 13.6 Å². The Morgan fingerprint density at radius 2 is 1.92 bits per heavy atom. The van der Waals surface area contributed by atoms with E-state index in [-0.39, 0.29) is 24.8 Å². The zero-order valence-electron chi connectivity index (χ0n) is 12.8. The zero-order chi connectivity index (χ0) is 17.2. The lowest BCUT2D eigenvalue weighted by atomic mass is 10.2. The van der Waals surface area contributed by atoms with Gasteiger partial charge in [-0.2, -0.15) is 0 Å². The second-order valence-electron chi connectivity index (χ2n) is 4.68. The van der Waals surface area contributed by atoms with Crippen molar-refractivity contribution in [3.05, 3.63) is 71.8 Å². The third-order valence-electron chi connectivity index (χ3n) is 2.90. The van der Waals surface area contributed by atoms with Gasteiger partial charge in [-0.1, -0.05) is 42.2 Å². The van der Waals surface area contributed by atoms with Crippen LogP contribution >= 0.6 is 0 Å². The molecule has 122 valence electrons. The lowest BCUT2D eigenvalue weighted by Gasteiger charge is -2.02. The predicted octanol–water partition coefficient (Wildman–Crippen LogP) is 3.18. The average Bonchev–Trinajstić information content (AvgIpc) is 2.58. The molecule has 3 nitrogen and oxygen atoms in total. The van der Waals surface area contributed by atoms with Gasteiger partial charge in [0.1, 0.15) is 12.4 Å². The van der Waals surface area contributed by atoms with Crippen LogP contribution in [0.5, 0.6) is 5.75 Å². The summed E-state index contributed by atoms with van der Waals surface area (Å²) in [7, 11) is 0. The summed E-state index contributed by atoms with van der Waals surface area (Å²) in [6, 6.07) is 12.5. The van der Waals surface area contributed by atoms with Crippen molar-refractivity contribution in [3.8, 4) is 17.6 Å². The van der Waals surface area contributed by atoms with E-state index in [1.807, 2.05) is 30.3 Å². The summed E-state index contributed by atoms with van der Waals surface area (Å²) in [5.74, 6) is 3.53. The molecule has 0 saturated carbocycles. The van der Waals surface area contributed by atoms with E-state index in [1.165, 1.54) is 12.1 Å². The molecular formula is C19H15F2NO2. The monoisotopic (exact) mass is 327 g/mol. The minimum atomic E-state index is -0.781. The number of carbonyl (C=O) groups excluding carboxylic acids is 1. The molecule has 0 aliphatic rings. The molecule has 1 N–H and O–H groups in total. The SMILES string of the molecule is O=C(/C=C/c1ccccc1)NCC#CCOc1ccc(F)cc1F. The maximum atomic E-state index is 13.3. The minimum absolute atomic E-state index is 0.0573. The van der Waals surface area contributed by atoms with Gasteiger partial charge in [-0.25, -0.2) is 8.78 Å². The third-order valence-corrected chi connectivity index (χ3v) is 2.90. The smallest absolute Gasteiger partial charge is 0.244 e. The molecule has 0 atom stereocenters. The van der Waals surface area contributed by atoms with Crippen molar-refractivity contribution in [1.29, 1.82) is 0 Å². The second kappa shape index (κ2) is 9.11. The molecule has 0 saturated heterocycles. The number of hydrogen-bond donors (Lipinski definition) is 1. The molecule has 0 aromatic heterocycles.